The maximum absolute atomic E-state index is 6.31. The molecule has 0 aliphatic rings. The van der Waals surface area contributed by atoms with E-state index in [1.165, 1.54) is 11.1 Å². The number of hydrogen-bond donors (Lipinski definition) is 1. The van der Waals surface area contributed by atoms with Gasteiger partial charge in [0.15, 0.2) is 0 Å². The van der Waals surface area contributed by atoms with Gasteiger partial charge >= 0.3 is 0 Å². The SMILES string of the molecule is CCc1ccc(C(N)CN(C)Cc2cccc(C)n2)cc1. The Hall–Kier alpha value is -1.71. The number of nitrogens with two attached hydrogens (primary N) is 1. The van der Waals surface area contributed by atoms with Crippen LogP contribution in [-0.4, -0.2) is 23.5 Å². The van der Waals surface area contributed by atoms with E-state index in [0.717, 1.165) is 30.9 Å². The lowest BCUT2D eigenvalue weighted by Crippen LogP contribution is -2.29. The van der Waals surface area contributed by atoms with Crippen LogP contribution < -0.4 is 5.73 Å². The quantitative estimate of drug-likeness (QED) is 0.886. The summed E-state index contributed by atoms with van der Waals surface area (Å²) in [5.41, 5.74) is 11.0. The standard InChI is InChI=1S/C18H25N3/c1-4-15-8-10-16(11-9-15)18(19)13-21(3)12-17-7-5-6-14(2)20-17/h5-11,18H,4,12-13,19H2,1-3H3. The summed E-state index contributed by atoms with van der Waals surface area (Å²) in [5.74, 6) is 0. The molecule has 1 atom stereocenters. The molecule has 21 heavy (non-hydrogen) atoms. The van der Waals surface area contributed by atoms with E-state index in [4.69, 9.17) is 5.73 Å². The van der Waals surface area contributed by atoms with Crippen LogP contribution in [0, 0.1) is 6.92 Å². The van der Waals surface area contributed by atoms with Gasteiger partial charge < -0.3 is 5.73 Å². The smallest absolute Gasteiger partial charge is 0.0547 e. The molecule has 2 rings (SSSR count). The molecule has 3 nitrogen and oxygen atoms in total. The Bertz CT molecular complexity index is 563. The Morgan fingerprint density at radius 3 is 2.48 bits per heavy atom. The van der Waals surface area contributed by atoms with Crippen LogP contribution in [0.5, 0.6) is 0 Å². The van der Waals surface area contributed by atoms with E-state index in [1.807, 2.05) is 13.0 Å². The third-order valence-corrected chi connectivity index (χ3v) is 3.70. The molecule has 2 N–H and O–H groups in total. The van der Waals surface area contributed by atoms with Crippen molar-refractivity contribution in [3.63, 3.8) is 0 Å². The summed E-state index contributed by atoms with van der Waals surface area (Å²) in [7, 11) is 2.09. The molecule has 112 valence electrons. The van der Waals surface area contributed by atoms with Crippen molar-refractivity contribution in [2.45, 2.75) is 32.9 Å². The molecule has 1 aromatic heterocycles. The molecule has 1 heterocycles. The fourth-order valence-corrected chi connectivity index (χ4v) is 2.47. The first-order valence-corrected chi connectivity index (χ1v) is 7.54. The van der Waals surface area contributed by atoms with Crippen molar-refractivity contribution in [2.75, 3.05) is 13.6 Å². The van der Waals surface area contributed by atoms with E-state index in [-0.39, 0.29) is 6.04 Å². The van der Waals surface area contributed by atoms with E-state index in [2.05, 4.69) is 60.3 Å². The molecule has 1 aromatic carbocycles. The highest BCUT2D eigenvalue weighted by atomic mass is 15.1. The zero-order valence-corrected chi connectivity index (χ0v) is 13.2. The molecule has 0 aliphatic heterocycles. The Labute approximate surface area is 127 Å². The van der Waals surface area contributed by atoms with Crippen molar-refractivity contribution < 1.29 is 0 Å². The molecule has 0 saturated heterocycles. The largest absolute Gasteiger partial charge is 0.323 e. The van der Waals surface area contributed by atoms with Gasteiger partial charge in [0.05, 0.1) is 5.69 Å². The predicted molar refractivity (Wildman–Crippen MR) is 88.1 cm³/mol. The van der Waals surface area contributed by atoms with Crippen LogP contribution in [0.25, 0.3) is 0 Å². The van der Waals surface area contributed by atoms with Crippen molar-refractivity contribution >= 4 is 0 Å². The lowest BCUT2D eigenvalue weighted by Gasteiger charge is -2.21. The normalized spacial score (nSPS) is 12.6. The van der Waals surface area contributed by atoms with Crippen molar-refractivity contribution in [1.29, 1.82) is 0 Å². The molecule has 3 heteroatoms. The summed E-state index contributed by atoms with van der Waals surface area (Å²) in [6, 6.07) is 14.8. The number of benzene rings is 1. The minimum absolute atomic E-state index is 0.0331. The van der Waals surface area contributed by atoms with Gasteiger partial charge in [-0.3, -0.25) is 9.88 Å². The third kappa shape index (κ3) is 4.66. The lowest BCUT2D eigenvalue weighted by atomic mass is 10.0. The third-order valence-electron chi connectivity index (χ3n) is 3.70. The molecular formula is C18H25N3. The average Bonchev–Trinajstić information content (AvgIpc) is 2.47. The van der Waals surface area contributed by atoms with Gasteiger partial charge in [-0.2, -0.15) is 0 Å². The number of likely N-dealkylation sites (N-methyl/N-ethyl adjacent to an activating group) is 1. The predicted octanol–water partition coefficient (Wildman–Crippen LogP) is 3.08. The Balaban J connectivity index is 1.93. The minimum atomic E-state index is 0.0331. The summed E-state index contributed by atoms with van der Waals surface area (Å²) in [6.45, 7) is 5.82. The van der Waals surface area contributed by atoms with Gasteiger partial charge in [0.1, 0.15) is 0 Å². The summed E-state index contributed by atoms with van der Waals surface area (Å²) in [5, 5.41) is 0. The maximum atomic E-state index is 6.31. The monoisotopic (exact) mass is 283 g/mol. The zero-order chi connectivity index (χ0) is 15.2. The van der Waals surface area contributed by atoms with Gasteiger partial charge in [0.2, 0.25) is 0 Å². The van der Waals surface area contributed by atoms with Gasteiger partial charge in [-0.15, -0.1) is 0 Å². The van der Waals surface area contributed by atoms with E-state index in [0.29, 0.717) is 0 Å². The van der Waals surface area contributed by atoms with E-state index in [9.17, 15) is 0 Å². The van der Waals surface area contributed by atoms with E-state index < -0.39 is 0 Å². The second-order valence-electron chi connectivity index (χ2n) is 5.67. The first kappa shape index (κ1) is 15.7. The summed E-state index contributed by atoms with van der Waals surface area (Å²) in [6.07, 6.45) is 1.06. The number of aromatic nitrogens is 1. The van der Waals surface area contributed by atoms with Crippen LogP contribution in [0.1, 0.15) is 35.5 Å². The van der Waals surface area contributed by atoms with E-state index >= 15 is 0 Å². The van der Waals surface area contributed by atoms with Crippen LogP contribution >= 0.6 is 0 Å². The Morgan fingerprint density at radius 1 is 1.14 bits per heavy atom. The Kier molecular flexibility index (Phi) is 5.48. The second-order valence-corrected chi connectivity index (χ2v) is 5.67. The average molecular weight is 283 g/mol. The summed E-state index contributed by atoms with van der Waals surface area (Å²) < 4.78 is 0. The van der Waals surface area contributed by atoms with Crippen molar-refractivity contribution in [2.24, 2.45) is 5.73 Å². The number of rotatable bonds is 6. The second kappa shape index (κ2) is 7.34. The molecule has 1 unspecified atom stereocenters. The topological polar surface area (TPSA) is 42.1 Å². The number of pyridine rings is 1. The van der Waals surface area contributed by atoms with Gasteiger partial charge in [-0.25, -0.2) is 0 Å². The van der Waals surface area contributed by atoms with Crippen LogP contribution in [0.15, 0.2) is 42.5 Å². The highest BCUT2D eigenvalue weighted by Gasteiger charge is 2.10. The summed E-state index contributed by atoms with van der Waals surface area (Å²) >= 11 is 0. The number of nitrogens with zero attached hydrogens (tertiary/aromatic N) is 2. The van der Waals surface area contributed by atoms with Crippen LogP contribution in [0.4, 0.5) is 0 Å². The molecule has 0 radical (unpaired) electrons. The first-order valence-electron chi connectivity index (χ1n) is 7.54. The van der Waals surface area contributed by atoms with Crippen molar-refractivity contribution in [3.8, 4) is 0 Å². The van der Waals surface area contributed by atoms with Crippen molar-refractivity contribution in [1.82, 2.24) is 9.88 Å². The summed E-state index contributed by atoms with van der Waals surface area (Å²) in [4.78, 5) is 6.76. The molecule has 0 aliphatic carbocycles. The molecular weight excluding hydrogens is 258 g/mol. The lowest BCUT2D eigenvalue weighted by molar-refractivity contribution is 0.301. The van der Waals surface area contributed by atoms with E-state index in [1.54, 1.807) is 0 Å². The highest BCUT2D eigenvalue weighted by molar-refractivity contribution is 5.25. The number of aryl methyl sites for hydroxylation is 2. The Morgan fingerprint density at radius 2 is 1.86 bits per heavy atom. The fraction of sp³-hybridized carbons (Fsp3) is 0.389. The van der Waals surface area contributed by atoms with Gasteiger partial charge in [-0.1, -0.05) is 37.3 Å². The minimum Gasteiger partial charge on any atom is -0.323 e. The maximum Gasteiger partial charge on any atom is 0.0547 e. The van der Waals surface area contributed by atoms with Crippen LogP contribution in [-0.2, 0) is 13.0 Å². The zero-order valence-electron chi connectivity index (χ0n) is 13.2. The fourth-order valence-electron chi connectivity index (χ4n) is 2.47. The molecule has 0 fully saturated rings. The molecule has 2 aromatic rings. The van der Waals surface area contributed by atoms with Crippen molar-refractivity contribution in [3.05, 3.63) is 65.0 Å². The molecule has 0 amide bonds. The molecule has 0 saturated carbocycles. The van der Waals surface area contributed by atoms with Gasteiger partial charge in [-0.05, 0) is 43.7 Å². The molecule has 0 bridgehead atoms. The highest BCUT2D eigenvalue weighted by Crippen LogP contribution is 2.14. The van der Waals surface area contributed by atoms with Gasteiger partial charge in [0.25, 0.3) is 0 Å². The van der Waals surface area contributed by atoms with Gasteiger partial charge in [0, 0.05) is 24.8 Å². The first-order chi connectivity index (χ1) is 10.1. The van der Waals surface area contributed by atoms with Crippen LogP contribution in [0.3, 0.4) is 0 Å². The molecule has 0 spiro atoms. The number of hydrogen-bond acceptors (Lipinski definition) is 3. The van der Waals surface area contributed by atoms with Crippen LogP contribution in [0.2, 0.25) is 0 Å².